The molecule has 0 spiro atoms. The van der Waals surface area contributed by atoms with Crippen LogP contribution in [0.4, 0.5) is 9.93 Å². The molecule has 4 nitrogen and oxygen atoms in total. The lowest BCUT2D eigenvalue weighted by Crippen LogP contribution is -2.27. The maximum atomic E-state index is 11.8. The molecule has 0 aliphatic rings. The van der Waals surface area contributed by atoms with Crippen LogP contribution in [0.5, 0.6) is 0 Å². The van der Waals surface area contributed by atoms with E-state index in [0.717, 1.165) is 16.1 Å². The first-order chi connectivity index (χ1) is 10.7. The standard InChI is InChI=1S/C15H12ClN3OS2/c16-11-5-3-10(4-6-11)13-9-22-15(18-13)19-14(20)17-8-12-2-1-7-21-12/h1-7,9H,8H2,(H2,17,18,19,20). The Kier molecular flexibility index (Phi) is 4.72. The number of hydrogen-bond acceptors (Lipinski definition) is 4. The second-order valence-corrected chi connectivity index (χ2v) is 6.76. The number of carbonyl (C=O) groups excluding carboxylic acids is 1. The predicted octanol–water partition coefficient (Wildman–Crippen LogP) is 4.85. The largest absolute Gasteiger partial charge is 0.333 e. The predicted molar refractivity (Wildman–Crippen MR) is 92.7 cm³/mol. The van der Waals surface area contributed by atoms with Crippen LogP contribution in [0.3, 0.4) is 0 Å². The van der Waals surface area contributed by atoms with Crippen molar-refractivity contribution < 1.29 is 4.79 Å². The smallest absolute Gasteiger partial charge is 0.321 e. The summed E-state index contributed by atoms with van der Waals surface area (Å²) in [5, 5.41) is 10.7. The molecular formula is C15H12ClN3OS2. The van der Waals surface area contributed by atoms with Crippen LogP contribution in [0.2, 0.25) is 5.02 Å². The molecule has 7 heteroatoms. The zero-order chi connectivity index (χ0) is 15.4. The summed E-state index contributed by atoms with van der Waals surface area (Å²) in [7, 11) is 0. The van der Waals surface area contributed by atoms with Crippen LogP contribution < -0.4 is 10.6 Å². The number of benzene rings is 1. The van der Waals surface area contributed by atoms with Gasteiger partial charge in [-0.15, -0.1) is 22.7 Å². The van der Waals surface area contributed by atoms with E-state index in [-0.39, 0.29) is 6.03 Å². The topological polar surface area (TPSA) is 54.0 Å². The lowest BCUT2D eigenvalue weighted by molar-refractivity contribution is 0.252. The van der Waals surface area contributed by atoms with Crippen molar-refractivity contribution in [3.63, 3.8) is 0 Å². The zero-order valence-corrected chi connectivity index (χ0v) is 13.8. The highest BCUT2D eigenvalue weighted by Crippen LogP contribution is 2.25. The molecule has 0 saturated heterocycles. The summed E-state index contributed by atoms with van der Waals surface area (Å²) in [5.74, 6) is 0. The summed E-state index contributed by atoms with van der Waals surface area (Å²) in [6.45, 7) is 0.513. The van der Waals surface area contributed by atoms with E-state index in [4.69, 9.17) is 11.6 Å². The Labute approximate surface area is 140 Å². The highest BCUT2D eigenvalue weighted by Gasteiger charge is 2.08. The third-order valence-corrected chi connectivity index (χ3v) is 4.75. The molecule has 0 radical (unpaired) electrons. The van der Waals surface area contributed by atoms with Crippen LogP contribution in [0.25, 0.3) is 11.3 Å². The van der Waals surface area contributed by atoms with Gasteiger partial charge in [-0.1, -0.05) is 29.8 Å². The molecule has 2 amide bonds. The number of aromatic nitrogens is 1. The summed E-state index contributed by atoms with van der Waals surface area (Å²) in [4.78, 5) is 17.3. The number of amides is 2. The maximum Gasteiger partial charge on any atom is 0.321 e. The number of nitrogens with zero attached hydrogens (tertiary/aromatic N) is 1. The number of nitrogens with one attached hydrogen (secondary N) is 2. The van der Waals surface area contributed by atoms with E-state index in [2.05, 4.69) is 15.6 Å². The minimum atomic E-state index is -0.259. The third kappa shape index (κ3) is 3.85. The Balaban J connectivity index is 1.59. The molecule has 2 N–H and O–H groups in total. The van der Waals surface area contributed by atoms with Gasteiger partial charge in [0.2, 0.25) is 0 Å². The summed E-state index contributed by atoms with van der Waals surface area (Å²) in [5.41, 5.74) is 1.78. The maximum absolute atomic E-state index is 11.8. The van der Waals surface area contributed by atoms with Gasteiger partial charge in [0, 0.05) is 20.8 Å². The number of urea groups is 1. The summed E-state index contributed by atoms with van der Waals surface area (Å²) in [6, 6.07) is 11.1. The molecular weight excluding hydrogens is 338 g/mol. The number of carbonyl (C=O) groups is 1. The molecule has 1 aromatic carbocycles. The van der Waals surface area contributed by atoms with Gasteiger partial charge < -0.3 is 5.32 Å². The summed E-state index contributed by atoms with van der Waals surface area (Å²) in [6.07, 6.45) is 0. The molecule has 0 aliphatic heterocycles. The Morgan fingerprint density at radius 3 is 2.73 bits per heavy atom. The number of thiazole rings is 1. The van der Waals surface area contributed by atoms with Crippen molar-refractivity contribution >= 4 is 45.4 Å². The zero-order valence-electron chi connectivity index (χ0n) is 11.4. The van der Waals surface area contributed by atoms with Gasteiger partial charge in [-0.3, -0.25) is 5.32 Å². The van der Waals surface area contributed by atoms with Crippen LogP contribution in [0.15, 0.2) is 47.2 Å². The first-order valence-corrected chi connectivity index (χ1v) is 8.63. The van der Waals surface area contributed by atoms with Crippen molar-refractivity contribution in [2.75, 3.05) is 5.32 Å². The van der Waals surface area contributed by atoms with Gasteiger partial charge in [0.25, 0.3) is 0 Å². The quantitative estimate of drug-likeness (QED) is 0.707. The van der Waals surface area contributed by atoms with E-state index in [0.29, 0.717) is 16.7 Å². The fraction of sp³-hybridized carbons (Fsp3) is 0.0667. The third-order valence-electron chi connectivity index (χ3n) is 2.87. The minimum absolute atomic E-state index is 0.259. The van der Waals surface area contributed by atoms with Gasteiger partial charge in [0.1, 0.15) is 0 Å². The summed E-state index contributed by atoms with van der Waals surface area (Å²) < 4.78 is 0. The molecule has 0 aliphatic carbocycles. The molecule has 2 aromatic heterocycles. The highest BCUT2D eigenvalue weighted by atomic mass is 35.5. The van der Waals surface area contributed by atoms with Crippen molar-refractivity contribution in [2.24, 2.45) is 0 Å². The average Bonchev–Trinajstić information content (AvgIpc) is 3.17. The average molecular weight is 350 g/mol. The molecule has 3 rings (SSSR count). The van der Waals surface area contributed by atoms with Crippen LogP contribution >= 0.6 is 34.3 Å². The molecule has 0 fully saturated rings. The number of anilines is 1. The van der Waals surface area contributed by atoms with E-state index in [1.807, 2.05) is 47.2 Å². The second-order valence-electron chi connectivity index (χ2n) is 4.43. The first kappa shape index (κ1) is 15.0. The Morgan fingerprint density at radius 1 is 1.18 bits per heavy atom. The molecule has 22 heavy (non-hydrogen) atoms. The number of thiophene rings is 1. The lowest BCUT2D eigenvalue weighted by atomic mass is 10.2. The van der Waals surface area contributed by atoms with Gasteiger partial charge in [-0.2, -0.15) is 0 Å². The number of hydrogen-bond donors (Lipinski definition) is 2. The van der Waals surface area contributed by atoms with E-state index in [1.165, 1.54) is 11.3 Å². The highest BCUT2D eigenvalue weighted by molar-refractivity contribution is 7.14. The fourth-order valence-electron chi connectivity index (χ4n) is 1.81. The van der Waals surface area contributed by atoms with Gasteiger partial charge in [-0.05, 0) is 23.6 Å². The molecule has 112 valence electrons. The van der Waals surface area contributed by atoms with Crippen LogP contribution in [0, 0.1) is 0 Å². The monoisotopic (exact) mass is 349 g/mol. The Hall–Kier alpha value is -1.89. The molecule has 3 aromatic rings. The van der Waals surface area contributed by atoms with Crippen molar-refractivity contribution in [2.45, 2.75) is 6.54 Å². The van der Waals surface area contributed by atoms with Crippen molar-refractivity contribution in [3.05, 3.63) is 57.1 Å². The van der Waals surface area contributed by atoms with Gasteiger partial charge in [-0.25, -0.2) is 9.78 Å². The Morgan fingerprint density at radius 2 is 2.00 bits per heavy atom. The number of rotatable bonds is 4. The normalized spacial score (nSPS) is 10.4. The second kappa shape index (κ2) is 6.91. The van der Waals surface area contributed by atoms with Crippen LogP contribution in [-0.4, -0.2) is 11.0 Å². The minimum Gasteiger partial charge on any atom is -0.333 e. The summed E-state index contributed by atoms with van der Waals surface area (Å²) >= 11 is 8.86. The van der Waals surface area contributed by atoms with Gasteiger partial charge in [0.15, 0.2) is 5.13 Å². The molecule has 0 saturated carbocycles. The van der Waals surface area contributed by atoms with Crippen LogP contribution in [-0.2, 0) is 6.54 Å². The van der Waals surface area contributed by atoms with Gasteiger partial charge >= 0.3 is 6.03 Å². The first-order valence-electron chi connectivity index (χ1n) is 6.49. The van der Waals surface area contributed by atoms with E-state index >= 15 is 0 Å². The lowest BCUT2D eigenvalue weighted by Gasteiger charge is -2.03. The van der Waals surface area contributed by atoms with Crippen molar-refractivity contribution in [1.29, 1.82) is 0 Å². The molecule has 0 bridgehead atoms. The van der Waals surface area contributed by atoms with Gasteiger partial charge in [0.05, 0.1) is 12.2 Å². The van der Waals surface area contributed by atoms with E-state index in [9.17, 15) is 4.79 Å². The molecule has 2 heterocycles. The molecule has 0 atom stereocenters. The van der Waals surface area contributed by atoms with Crippen molar-refractivity contribution in [1.82, 2.24) is 10.3 Å². The van der Waals surface area contributed by atoms with E-state index in [1.54, 1.807) is 11.3 Å². The number of halogens is 1. The molecule has 0 unspecified atom stereocenters. The Bertz CT molecular complexity index is 753. The van der Waals surface area contributed by atoms with Crippen molar-refractivity contribution in [3.8, 4) is 11.3 Å². The fourth-order valence-corrected chi connectivity index (χ4v) is 3.29. The SMILES string of the molecule is O=C(NCc1cccs1)Nc1nc(-c2ccc(Cl)cc2)cs1. The van der Waals surface area contributed by atoms with Crippen LogP contribution in [0.1, 0.15) is 4.88 Å². The van der Waals surface area contributed by atoms with E-state index < -0.39 is 0 Å².